The number of rotatable bonds is 1. The molecule has 15 heavy (non-hydrogen) atoms. The fourth-order valence-corrected chi connectivity index (χ4v) is 2.82. The summed E-state index contributed by atoms with van der Waals surface area (Å²) in [4.78, 5) is 6.66. The van der Waals surface area contributed by atoms with E-state index in [0.29, 0.717) is 0 Å². The Bertz CT molecular complexity index is 325. The molecule has 80 valence electrons. The minimum Gasteiger partial charge on any atom is -0.370 e. The SMILES string of the molecule is c1cncc(N2CC[C@H]3NCC[C@H]3C2)c1. The van der Waals surface area contributed by atoms with Crippen LogP contribution in [0.3, 0.4) is 0 Å². The number of hydrogen-bond donors (Lipinski definition) is 1. The molecule has 0 amide bonds. The number of nitrogens with one attached hydrogen (secondary N) is 1. The van der Waals surface area contributed by atoms with Crippen LogP contribution in [0.25, 0.3) is 0 Å². The Morgan fingerprint density at radius 3 is 3.27 bits per heavy atom. The van der Waals surface area contributed by atoms with Crippen LogP contribution in [0.5, 0.6) is 0 Å². The first-order chi connectivity index (χ1) is 7.43. The summed E-state index contributed by atoms with van der Waals surface area (Å²) in [6.07, 6.45) is 6.43. The van der Waals surface area contributed by atoms with Gasteiger partial charge >= 0.3 is 0 Å². The quantitative estimate of drug-likeness (QED) is 0.745. The van der Waals surface area contributed by atoms with Gasteiger partial charge in [-0.1, -0.05) is 0 Å². The lowest BCUT2D eigenvalue weighted by Gasteiger charge is -2.36. The fourth-order valence-electron chi connectivity index (χ4n) is 2.82. The topological polar surface area (TPSA) is 28.2 Å². The van der Waals surface area contributed by atoms with E-state index < -0.39 is 0 Å². The molecule has 3 heteroatoms. The molecule has 0 unspecified atom stereocenters. The van der Waals surface area contributed by atoms with Gasteiger partial charge in [-0.2, -0.15) is 0 Å². The summed E-state index contributed by atoms with van der Waals surface area (Å²) in [7, 11) is 0. The molecular weight excluding hydrogens is 186 g/mol. The molecule has 2 aliphatic heterocycles. The van der Waals surface area contributed by atoms with Gasteiger partial charge in [0.1, 0.15) is 0 Å². The molecule has 2 saturated heterocycles. The molecular formula is C12H17N3. The number of hydrogen-bond acceptors (Lipinski definition) is 3. The number of fused-ring (bicyclic) bond motifs is 1. The van der Waals surface area contributed by atoms with Crippen LogP contribution in [0.4, 0.5) is 5.69 Å². The van der Waals surface area contributed by atoms with E-state index in [-0.39, 0.29) is 0 Å². The average Bonchev–Trinajstić information content (AvgIpc) is 2.77. The zero-order valence-electron chi connectivity index (χ0n) is 8.89. The summed E-state index contributed by atoms with van der Waals surface area (Å²) in [5.41, 5.74) is 1.28. The highest BCUT2D eigenvalue weighted by Gasteiger charge is 2.32. The van der Waals surface area contributed by atoms with Crippen LogP contribution in [-0.4, -0.2) is 30.7 Å². The third kappa shape index (κ3) is 1.72. The summed E-state index contributed by atoms with van der Waals surface area (Å²) in [6.45, 7) is 3.57. The Labute approximate surface area is 90.5 Å². The first kappa shape index (κ1) is 9.16. The Morgan fingerprint density at radius 2 is 2.40 bits per heavy atom. The molecule has 2 atom stereocenters. The van der Waals surface area contributed by atoms with Crippen molar-refractivity contribution in [1.29, 1.82) is 0 Å². The molecule has 3 rings (SSSR count). The van der Waals surface area contributed by atoms with Gasteiger partial charge in [-0.05, 0) is 37.4 Å². The van der Waals surface area contributed by atoms with Crippen LogP contribution in [0.15, 0.2) is 24.5 Å². The Kier molecular flexibility index (Phi) is 2.33. The maximum atomic E-state index is 4.19. The smallest absolute Gasteiger partial charge is 0.0552 e. The lowest BCUT2D eigenvalue weighted by Crippen LogP contribution is -2.44. The Balaban J connectivity index is 1.74. The third-order valence-corrected chi connectivity index (χ3v) is 3.67. The molecule has 1 N–H and O–H groups in total. The van der Waals surface area contributed by atoms with E-state index in [2.05, 4.69) is 21.3 Å². The minimum absolute atomic E-state index is 0.776. The van der Waals surface area contributed by atoms with Gasteiger partial charge < -0.3 is 10.2 Å². The van der Waals surface area contributed by atoms with Crippen molar-refractivity contribution in [3.05, 3.63) is 24.5 Å². The molecule has 0 bridgehead atoms. The molecule has 0 saturated carbocycles. The summed E-state index contributed by atoms with van der Waals surface area (Å²) in [6, 6.07) is 4.96. The maximum Gasteiger partial charge on any atom is 0.0552 e. The van der Waals surface area contributed by atoms with Crippen LogP contribution in [0.2, 0.25) is 0 Å². The predicted octanol–water partition coefficient (Wildman–Crippen LogP) is 1.27. The van der Waals surface area contributed by atoms with E-state index in [0.717, 1.165) is 12.0 Å². The standard InChI is InChI=1S/C12H17N3/c1-2-11(8-13-5-1)15-7-4-12-10(9-15)3-6-14-12/h1-2,5,8,10,12,14H,3-4,6-7,9H2/t10-,12+/m0/s1. The van der Waals surface area contributed by atoms with Gasteiger partial charge in [-0.25, -0.2) is 0 Å². The highest BCUT2D eigenvalue weighted by Crippen LogP contribution is 2.27. The van der Waals surface area contributed by atoms with Crippen molar-refractivity contribution in [2.24, 2.45) is 5.92 Å². The van der Waals surface area contributed by atoms with Gasteiger partial charge in [0.05, 0.1) is 11.9 Å². The second-order valence-electron chi connectivity index (χ2n) is 4.56. The van der Waals surface area contributed by atoms with Crippen LogP contribution in [0, 0.1) is 5.92 Å². The first-order valence-electron chi connectivity index (χ1n) is 5.82. The summed E-state index contributed by atoms with van der Waals surface area (Å²) in [5.74, 6) is 0.846. The highest BCUT2D eigenvalue weighted by molar-refractivity contribution is 5.44. The van der Waals surface area contributed by atoms with Gasteiger partial charge in [0.15, 0.2) is 0 Å². The molecule has 0 radical (unpaired) electrons. The molecule has 0 aromatic carbocycles. The number of pyridine rings is 1. The normalized spacial score (nSPS) is 30.3. The molecule has 0 spiro atoms. The van der Waals surface area contributed by atoms with Crippen molar-refractivity contribution in [3.63, 3.8) is 0 Å². The zero-order chi connectivity index (χ0) is 10.1. The van der Waals surface area contributed by atoms with Gasteiger partial charge in [-0.3, -0.25) is 4.98 Å². The lowest BCUT2D eigenvalue weighted by molar-refractivity contribution is 0.376. The molecule has 0 aliphatic carbocycles. The zero-order valence-corrected chi connectivity index (χ0v) is 8.89. The maximum absolute atomic E-state index is 4.19. The predicted molar refractivity (Wildman–Crippen MR) is 61.0 cm³/mol. The van der Waals surface area contributed by atoms with Gasteiger partial charge in [-0.15, -0.1) is 0 Å². The van der Waals surface area contributed by atoms with Gasteiger partial charge in [0, 0.05) is 25.3 Å². The van der Waals surface area contributed by atoms with Crippen molar-refractivity contribution in [3.8, 4) is 0 Å². The lowest BCUT2D eigenvalue weighted by atomic mass is 9.93. The molecule has 1 aromatic heterocycles. The van der Waals surface area contributed by atoms with Gasteiger partial charge in [0.25, 0.3) is 0 Å². The largest absolute Gasteiger partial charge is 0.370 e. The summed E-state index contributed by atoms with van der Waals surface area (Å²) >= 11 is 0. The fraction of sp³-hybridized carbons (Fsp3) is 0.583. The molecule has 2 aliphatic rings. The first-order valence-corrected chi connectivity index (χ1v) is 5.82. The van der Waals surface area contributed by atoms with Crippen LogP contribution >= 0.6 is 0 Å². The van der Waals surface area contributed by atoms with E-state index in [4.69, 9.17) is 0 Å². The number of nitrogens with zero attached hydrogens (tertiary/aromatic N) is 2. The Morgan fingerprint density at radius 1 is 1.40 bits per heavy atom. The second-order valence-corrected chi connectivity index (χ2v) is 4.56. The molecule has 3 heterocycles. The Hall–Kier alpha value is -1.09. The van der Waals surface area contributed by atoms with Crippen molar-refractivity contribution < 1.29 is 0 Å². The summed E-state index contributed by atoms with van der Waals surface area (Å²) in [5, 5.41) is 3.59. The second kappa shape index (κ2) is 3.81. The number of anilines is 1. The van der Waals surface area contributed by atoms with E-state index >= 15 is 0 Å². The molecule has 2 fully saturated rings. The van der Waals surface area contributed by atoms with Crippen molar-refractivity contribution >= 4 is 5.69 Å². The van der Waals surface area contributed by atoms with E-state index in [1.54, 1.807) is 0 Å². The van der Waals surface area contributed by atoms with E-state index in [1.807, 2.05) is 18.5 Å². The summed E-state index contributed by atoms with van der Waals surface area (Å²) < 4.78 is 0. The van der Waals surface area contributed by atoms with Gasteiger partial charge in [0.2, 0.25) is 0 Å². The van der Waals surface area contributed by atoms with E-state index in [1.165, 1.54) is 38.2 Å². The van der Waals surface area contributed by atoms with Crippen molar-refractivity contribution in [1.82, 2.24) is 10.3 Å². The molecule has 1 aromatic rings. The minimum atomic E-state index is 0.776. The van der Waals surface area contributed by atoms with E-state index in [9.17, 15) is 0 Å². The molecule has 3 nitrogen and oxygen atoms in total. The third-order valence-electron chi connectivity index (χ3n) is 3.67. The average molecular weight is 203 g/mol. The van der Waals surface area contributed by atoms with Crippen molar-refractivity contribution in [2.45, 2.75) is 18.9 Å². The van der Waals surface area contributed by atoms with Crippen LogP contribution in [-0.2, 0) is 0 Å². The highest BCUT2D eigenvalue weighted by atomic mass is 15.2. The monoisotopic (exact) mass is 203 g/mol. The van der Waals surface area contributed by atoms with Crippen LogP contribution in [0.1, 0.15) is 12.8 Å². The van der Waals surface area contributed by atoms with Crippen LogP contribution < -0.4 is 10.2 Å². The number of piperidine rings is 1. The van der Waals surface area contributed by atoms with Crippen molar-refractivity contribution in [2.75, 3.05) is 24.5 Å². The number of aromatic nitrogens is 1.